The number of hydrogen-bond donors (Lipinski definition) is 1. The maximum absolute atomic E-state index is 6.18. The molecule has 2 aliphatic rings. The van der Waals surface area contributed by atoms with Crippen molar-refractivity contribution >= 4 is 0 Å². The highest BCUT2D eigenvalue weighted by molar-refractivity contribution is 4.92. The first-order valence-corrected chi connectivity index (χ1v) is 8.82. The van der Waals surface area contributed by atoms with Gasteiger partial charge in [0.25, 0.3) is 0 Å². The zero-order valence-corrected chi connectivity index (χ0v) is 13.9. The number of rotatable bonds is 8. The molecule has 2 saturated heterocycles. The molecule has 4 heteroatoms. The van der Waals surface area contributed by atoms with Gasteiger partial charge in [-0.05, 0) is 57.9 Å². The minimum atomic E-state index is 0.0962. The van der Waals surface area contributed by atoms with E-state index in [4.69, 9.17) is 14.2 Å². The smallest absolute Gasteiger partial charge is 0.0729 e. The Bertz CT molecular complexity index is 274. The van der Waals surface area contributed by atoms with Crippen LogP contribution in [0.4, 0.5) is 0 Å². The lowest BCUT2D eigenvalue weighted by atomic mass is 9.77. The molecule has 1 spiro atoms. The summed E-state index contributed by atoms with van der Waals surface area (Å²) in [5.41, 5.74) is 0.0962. The highest BCUT2D eigenvalue weighted by atomic mass is 16.5. The van der Waals surface area contributed by atoms with Crippen LogP contribution in [0.5, 0.6) is 0 Å². The van der Waals surface area contributed by atoms with E-state index in [1.165, 1.54) is 19.3 Å². The molecule has 0 aromatic carbocycles. The Morgan fingerprint density at radius 1 is 1.24 bits per heavy atom. The summed E-state index contributed by atoms with van der Waals surface area (Å²) in [6.45, 7) is 9.71. The van der Waals surface area contributed by atoms with Crippen LogP contribution in [0.1, 0.15) is 52.4 Å². The SMILES string of the molecule is CCCNC(CCOCC)C1CCOC2(CCOCC2)C1. The van der Waals surface area contributed by atoms with Gasteiger partial charge in [-0.3, -0.25) is 0 Å². The van der Waals surface area contributed by atoms with Gasteiger partial charge in [-0.25, -0.2) is 0 Å². The molecule has 0 bridgehead atoms. The van der Waals surface area contributed by atoms with Gasteiger partial charge in [0.2, 0.25) is 0 Å². The van der Waals surface area contributed by atoms with Crippen molar-refractivity contribution in [2.45, 2.75) is 64.0 Å². The molecule has 1 N–H and O–H groups in total. The van der Waals surface area contributed by atoms with E-state index in [1.54, 1.807) is 0 Å². The van der Waals surface area contributed by atoms with E-state index in [0.29, 0.717) is 12.0 Å². The van der Waals surface area contributed by atoms with Crippen molar-refractivity contribution < 1.29 is 14.2 Å². The van der Waals surface area contributed by atoms with E-state index in [0.717, 1.165) is 58.8 Å². The van der Waals surface area contributed by atoms with E-state index in [1.807, 2.05) is 0 Å². The molecule has 4 nitrogen and oxygen atoms in total. The molecule has 21 heavy (non-hydrogen) atoms. The van der Waals surface area contributed by atoms with E-state index in [9.17, 15) is 0 Å². The minimum Gasteiger partial charge on any atom is -0.382 e. The summed E-state index contributed by atoms with van der Waals surface area (Å²) in [7, 11) is 0. The van der Waals surface area contributed by atoms with E-state index < -0.39 is 0 Å². The molecule has 0 radical (unpaired) electrons. The van der Waals surface area contributed by atoms with Gasteiger partial charge in [0, 0.05) is 39.1 Å². The Morgan fingerprint density at radius 2 is 2.05 bits per heavy atom. The van der Waals surface area contributed by atoms with Crippen molar-refractivity contribution in [1.82, 2.24) is 5.32 Å². The molecule has 0 aromatic rings. The number of hydrogen-bond acceptors (Lipinski definition) is 4. The maximum atomic E-state index is 6.18. The average molecular weight is 299 g/mol. The Morgan fingerprint density at radius 3 is 2.76 bits per heavy atom. The third kappa shape index (κ3) is 5.20. The van der Waals surface area contributed by atoms with Crippen molar-refractivity contribution in [2.24, 2.45) is 5.92 Å². The summed E-state index contributed by atoms with van der Waals surface area (Å²) < 4.78 is 17.3. The Hall–Kier alpha value is -0.160. The van der Waals surface area contributed by atoms with Gasteiger partial charge in [0.1, 0.15) is 0 Å². The first-order valence-electron chi connectivity index (χ1n) is 8.82. The molecule has 0 saturated carbocycles. The highest BCUT2D eigenvalue weighted by Gasteiger charge is 2.40. The van der Waals surface area contributed by atoms with Crippen molar-refractivity contribution in [3.63, 3.8) is 0 Å². The summed E-state index contributed by atoms with van der Waals surface area (Å²) >= 11 is 0. The van der Waals surface area contributed by atoms with Crippen LogP contribution in [0, 0.1) is 5.92 Å². The monoisotopic (exact) mass is 299 g/mol. The summed E-state index contributed by atoms with van der Waals surface area (Å²) in [6, 6.07) is 0.570. The van der Waals surface area contributed by atoms with E-state index in [-0.39, 0.29) is 5.60 Å². The molecule has 0 aromatic heterocycles. The second-order valence-corrected chi connectivity index (χ2v) is 6.44. The quantitative estimate of drug-likeness (QED) is 0.700. The lowest BCUT2D eigenvalue weighted by Gasteiger charge is -2.45. The van der Waals surface area contributed by atoms with Gasteiger partial charge in [-0.1, -0.05) is 6.92 Å². The second-order valence-electron chi connectivity index (χ2n) is 6.44. The van der Waals surface area contributed by atoms with Crippen molar-refractivity contribution in [3.05, 3.63) is 0 Å². The maximum Gasteiger partial charge on any atom is 0.0729 e. The largest absolute Gasteiger partial charge is 0.382 e. The summed E-state index contributed by atoms with van der Waals surface area (Å²) in [5.74, 6) is 0.712. The first kappa shape index (κ1) is 17.2. The first-order chi connectivity index (χ1) is 10.3. The predicted molar refractivity (Wildman–Crippen MR) is 84.7 cm³/mol. The molecule has 2 atom stereocenters. The van der Waals surface area contributed by atoms with Crippen LogP contribution in [-0.4, -0.2) is 51.2 Å². The zero-order chi connectivity index (χ0) is 15.0. The van der Waals surface area contributed by atoms with Crippen LogP contribution >= 0.6 is 0 Å². The van der Waals surface area contributed by atoms with Gasteiger partial charge in [-0.2, -0.15) is 0 Å². The molecule has 0 aliphatic carbocycles. The van der Waals surface area contributed by atoms with Crippen LogP contribution < -0.4 is 5.32 Å². The summed E-state index contributed by atoms with van der Waals surface area (Å²) in [4.78, 5) is 0. The molecular weight excluding hydrogens is 266 g/mol. The zero-order valence-electron chi connectivity index (χ0n) is 13.9. The predicted octanol–water partition coefficient (Wildman–Crippen LogP) is 2.76. The van der Waals surface area contributed by atoms with E-state index in [2.05, 4.69) is 19.2 Å². The molecule has 2 heterocycles. The van der Waals surface area contributed by atoms with Gasteiger partial charge >= 0.3 is 0 Å². The number of ether oxygens (including phenoxy) is 3. The molecular formula is C17H33NO3. The standard InChI is InChI=1S/C17H33NO3/c1-3-9-18-16(6-10-19-4-2)15-5-11-21-17(14-15)7-12-20-13-8-17/h15-16,18H,3-14H2,1-2H3. The fourth-order valence-electron chi connectivity index (χ4n) is 3.69. The molecule has 2 rings (SSSR count). The highest BCUT2D eigenvalue weighted by Crippen LogP contribution is 2.38. The fraction of sp³-hybridized carbons (Fsp3) is 1.00. The number of nitrogens with one attached hydrogen (secondary N) is 1. The normalized spacial score (nSPS) is 26.9. The molecule has 0 amide bonds. The average Bonchev–Trinajstić information content (AvgIpc) is 2.51. The Balaban J connectivity index is 1.90. The summed E-state index contributed by atoms with van der Waals surface area (Å²) in [6.07, 6.45) is 6.79. The van der Waals surface area contributed by atoms with Crippen LogP contribution in [0.3, 0.4) is 0 Å². The van der Waals surface area contributed by atoms with Crippen LogP contribution in [0.25, 0.3) is 0 Å². The fourth-order valence-corrected chi connectivity index (χ4v) is 3.69. The van der Waals surface area contributed by atoms with Crippen molar-refractivity contribution in [3.8, 4) is 0 Å². The molecule has 124 valence electrons. The van der Waals surface area contributed by atoms with Crippen LogP contribution in [0.15, 0.2) is 0 Å². The van der Waals surface area contributed by atoms with E-state index >= 15 is 0 Å². The van der Waals surface area contributed by atoms with Crippen molar-refractivity contribution in [1.29, 1.82) is 0 Å². The van der Waals surface area contributed by atoms with Gasteiger partial charge in [0.15, 0.2) is 0 Å². The Kier molecular flexibility index (Phi) is 7.44. The lowest BCUT2D eigenvalue weighted by molar-refractivity contribution is -0.150. The van der Waals surface area contributed by atoms with Crippen molar-refractivity contribution in [2.75, 3.05) is 39.6 Å². The molecule has 2 fully saturated rings. The Labute approximate surface area is 129 Å². The van der Waals surface area contributed by atoms with Gasteiger partial charge in [-0.15, -0.1) is 0 Å². The third-order valence-corrected chi connectivity index (χ3v) is 4.94. The van der Waals surface area contributed by atoms with Gasteiger partial charge < -0.3 is 19.5 Å². The van der Waals surface area contributed by atoms with Gasteiger partial charge in [0.05, 0.1) is 5.60 Å². The second kappa shape index (κ2) is 9.09. The minimum absolute atomic E-state index is 0.0962. The molecule has 2 aliphatic heterocycles. The topological polar surface area (TPSA) is 39.7 Å². The lowest BCUT2D eigenvalue weighted by Crippen LogP contribution is -2.49. The molecule has 2 unspecified atom stereocenters. The summed E-state index contributed by atoms with van der Waals surface area (Å²) in [5, 5.41) is 3.75. The van der Waals surface area contributed by atoms with Crippen LogP contribution in [0.2, 0.25) is 0 Å². The van der Waals surface area contributed by atoms with Crippen LogP contribution in [-0.2, 0) is 14.2 Å². The third-order valence-electron chi connectivity index (χ3n) is 4.94.